The topological polar surface area (TPSA) is 93.2 Å². The van der Waals surface area contributed by atoms with Gasteiger partial charge in [0, 0.05) is 18.9 Å². The minimum absolute atomic E-state index is 0.0894. The van der Waals surface area contributed by atoms with E-state index in [0.717, 1.165) is 0 Å². The predicted octanol–water partition coefficient (Wildman–Crippen LogP) is 2.86. The van der Waals surface area contributed by atoms with Crippen LogP contribution in [0.25, 0.3) is 0 Å². The number of sulfone groups is 1. The summed E-state index contributed by atoms with van der Waals surface area (Å²) < 4.78 is 66.6. The summed E-state index contributed by atoms with van der Waals surface area (Å²) in [7, 11) is -7.72. The average Bonchev–Trinajstić information content (AvgIpc) is 2.71. The van der Waals surface area contributed by atoms with Crippen LogP contribution < -0.4 is 4.72 Å². The van der Waals surface area contributed by atoms with Crippen molar-refractivity contribution < 1.29 is 21.2 Å². The maximum atomic E-state index is 13.1. The van der Waals surface area contributed by atoms with Crippen molar-refractivity contribution in [3.63, 3.8) is 0 Å². The molecule has 0 bridgehead atoms. The van der Waals surface area contributed by atoms with Gasteiger partial charge in [-0.3, -0.25) is 4.98 Å². The van der Waals surface area contributed by atoms with Crippen LogP contribution in [0.15, 0.2) is 84.0 Å². The lowest BCUT2D eigenvalue weighted by Crippen LogP contribution is -2.32. The zero-order valence-electron chi connectivity index (χ0n) is 15.3. The SMILES string of the molecule is O=S(=O)(Cc1ccc(F)cc1)NCC(c1cccnc1)S(=O)(=O)c1ccccc1. The van der Waals surface area contributed by atoms with Gasteiger partial charge in [-0.25, -0.2) is 25.9 Å². The molecule has 3 rings (SSSR count). The summed E-state index contributed by atoms with van der Waals surface area (Å²) in [5.74, 6) is -0.858. The largest absolute Gasteiger partial charge is 0.264 e. The summed E-state index contributed by atoms with van der Waals surface area (Å²) in [6, 6.07) is 16.1. The van der Waals surface area contributed by atoms with Crippen molar-refractivity contribution in [1.82, 2.24) is 9.71 Å². The number of pyridine rings is 1. The molecule has 0 aliphatic rings. The average molecular weight is 435 g/mol. The normalized spacial score (nSPS) is 13.1. The van der Waals surface area contributed by atoms with Gasteiger partial charge in [-0.1, -0.05) is 36.4 Å². The molecule has 0 amide bonds. The van der Waals surface area contributed by atoms with Gasteiger partial charge in [0.05, 0.1) is 10.6 Å². The third kappa shape index (κ3) is 5.47. The van der Waals surface area contributed by atoms with Gasteiger partial charge >= 0.3 is 0 Å². The molecule has 1 aromatic heterocycles. The number of rotatable bonds is 8. The fourth-order valence-electron chi connectivity index (χ4n) is 2.80. The van der Waals surface area contributed by atoms with E-state index in [1.165, 1.54) is 48.8 Å². The molecule has 0 saturated carbocycles. The highest BCUT2D eigenvalue weighted by Gasteiger charge is 2.30. The van der Waals surface area contributed by atoms with Crippen LogP contribution in [-0.4, -0.2) is 28.4 Å². The van der Waals surface area contributed by atoms with E-state index in [9.17, 15) is 21.2 Å². The lowest BCUT2D eigenvalue weighted by atomic mass is 10.2. The number of benzene rings is 2. The van der Waals surface area contributed by atoms with Gasteiger partial charge in [0.2, 0.25) is 10.0 Å². The molecule has 0 aliphatic heterocycles. The first-order valence-electron chi connectivity index (χ1n) is 8.68. The molecule has 9 heteroatoms. The number of nitrogens with one attached hydrogen (secondary N) is 1. The summed E-state index contributed by atoms with van der Waals surface area (Å²) >= 11 is 0. The number of hydrogen-bond donors (Lipinski definition) is 1. The second-order valence-electron chi connectivity index (χ2n) is 6.37. The maximum absolute atomic E-state index is 13.1. The van der Waals surface area contributed by atoms with E-state index < -0.39 is 36.7 Å². The molecule has 0 spiro atoms. The summed E-state index contributed by atoms with van der Waals surface area (Å²) in [4.78, 5) is 4.05. The van der Waals surface area contributed by atoms with E-state index in [-0.39, 0.29) is 11.4 Å². The highest BCUT2D eigenvalue weighted by Crippen LogP contribution is 2.28. The molecule has 1 heterocycles. The number of hydrogen-bond acceptors (Lipinski definition) is 5. The van der Waals surface area contributed by atoms with Gasteiger partial charge in [-0.15, -0.1) is 0 Å². The van der Waals surface area contributed by atoms with E-state index in [1.807, 2.05) is 0 Å². The van der Waals surface area contributed by atoms with Gasteiger partial charge in [0.15, 0.2) is 9.84 Å². The highest BCUT2D eigenvalue weighted by molar-refractivity contribution is 7.92. The van der Waals surface area contributed by atoms with Gasteiger partial charge in [0.25, 0.3) is 0 Å². The molecule has 0 radical (unpaired) electrons. The first kappa shape index (κ1) is 21.1. The Morgan fingerprint density at radius 3 is 2.21 bits per heavy atom. The van der Waals surface area contributed by atoms with Crippen LogP contribution in [0.1, 0.15) is 16.4 Å². The van der Waals surface area contributed by atoms with E-state index in [4.69, 9.17) is 0 Å². The van der Waals surface area contributed by atoms with E-state index in [1.54, 1.807) is 30.3 Å². The summed E-state index contributed by atoms with van der Waals surface area (Å²) in [6.07, 6.45) is 2.91. The Bertz CT molecular complexity index is 1150. The lowest BCUT2D eigenvalue weighted by Gasteiger charge is -2.19. The van der Waals surface area contributed by atoms with Crippen molar-refractivity contribution in [2.24, 2.45) is 0 Å². The van der Waals surface area contributed by atoms with Gasteiger partial charge in [-0.2, -0.15) is 0 Å². The molecule has 1 atom stereocenters. The molecule has 2 aromatic carbocycles. The molecule has 3 aromatic rings. The van der Waals surface area contributed by atoms with Crippen LogP contribution in [0.5, 0.6) is 0 Å². The Morgan fingerprint density at radius 1 is 0.897 bits per heavy atom. The van der Waals surface area contributed by atoms with Crippen molar-refractivity contribution in [2.45, 2.75) is 15.9 Å². The Morgan fingerprint density at radius 2 is 1.59 bits per heavy atom. The number of halogens is 1. The molecular weight excluding hydrogens is 415 g/mol. The first-order valence-corrected chi connectivity index (χ1v) is 11.9. The summed E-state index contributed by atoms with van der Waals surface area (Å²) in [5.41, 5.74) is 0.767. The Labute approximate surface area is 169 Å². The molecule has 0 fully saturated rings. The molecule has 1 unspecified atom stereocenters. The Hall–Kier alpha value is -2.62. The quantitative estimate of drug-likeness (QED) is 0.588. The van der Waals surface area contributed by atoms with Crippen LogP contribution in [0.3, 0.4) is 0 Å². The zero-order chi connectivity index (χ0) is 20.9. The minimum Gasteiger partial charge on any atom is -0.264 e. The number of sulfonamides is 1. The second kappa shape index (κ2) is 8.81. The Balaban J connectivity index is 1.85. The number of nitrogens with zero attached hydrogens (tertiary/aromatic N) is 1. The fourth-order valence-corrected chi connectivity index (χ4v) is 5.73. The monoisotopic (exact) mass is 434 g/mol. The summed E-state index contributed by atoms with van der Waals surface area (Å²) in [5, 5.41) is -1.15. The van der Waals surface area contributed by atoms with E-state index >= 15 is 0 Å². The molecule has 0 saturated heterocycles. The van der Waals surface area contributed by atoms with E-state index in [0.29, 0.717) is 11.1 Å². The molecular formula is C20H19FN2O4S2. The maximum Gasteiger partial charge on any atom is 0.215 e. The molecule has 29 heavy (non-hydrogen) atoms. The second-order valence-corrected chi connectivity index (χ2v) is 10.3. The third-order valence-electron chi connectivity index (χ3n) is 4.26. The van der Waals surface area contributed by atoms with Crippen molar-refractivity contribution in [3.05, 3.63) is 96.1 Å². The van der Waals surface area contributed by atoms with Crippen LogP contribution >= 0.6 is 0 Å². The summed E-state index contributed by atoms with van der Waals surface area (Å²) in [6.45, 7) is -0.355. The molecule has 152 valence electrons. The van der Waals surface area contributed by atoms with Crippen molar-refractivity contribution in [2.75, 3.05) is 6.54 Å². The predicted molar refractivity (Wildman–Crippen MR) is 108 cm³/mol. The highest BCUT2D eigenvalue weighted by atomic mass is 32.2. The lowest BCUT2D eigenvalue weighted by molar-refractivity contribution is 0.568. The van der Waals surface area contributed by atoms with Crippen molar-refractivity contribution in [3.8, 4) is 0 Å². The molecule has 0 aliphatic carbocycles. The van der Waals surface area contributed by atoms with Crippen LogP contribution in [0, 0.1) is 5.82 Å². The number of aromatic nitrogens is 1. The van der Waals surface area contributed by atoms with Crippen LogP contribution in [-0.2, 0) is 25.6 Å². The minimum atomic E-state index is -3.87. The van der Waals surface area contributed by atoms with Gasteiger partial charge in [-0.05, 0) is 41.5 Å². The van der Waals surface area contributed by atoms with Gasteiger partial charge in [0.1, 0.15) is 11.1 Å². The zero-order valence-corrected chi connectivity index (χ0v) is 16.9. The van der Waals surface area contributed by atoms with Crippen LogP contribution in [0.2, 0.25) is 0 Å². The first-order chi connectivity index (χ1) is 13.8. The fraction of sp³-hybridized carbons (Fsp3) is 0.150. The standard InChI is InChI=1S/C20H19FN2O4S2/c21-18-10-8-16(9-11-18)15-28(24,25)23-14-20(17-5-4-12-22-13-17)29(26,27)19-6-2-1-3-7-19/h1-13,20,23H,14-15H2. The van der Waals surface area contributed by atoms with Crippen molar-refractivity contribution in [1.29, 1.82) is 0 Å². The molecule has 6 nitrogen and oxygen atoms in total. The molecule has 1 N–H and O–H groups in total. The smallest absolute Gasteiger partial charge is 0.215 e. The van der Waals surface area contributed by atoms with E-state index in [2.05, 4.69) is 9.71 Å². The Kier molecular flexibility index (Phi) is 6.41. The van der Waals surface area contributed by atoms with Crippen molar-refractivity contribution >= 4 is 19.9 Å². The van der Waals surface area contributed by atoms with Gasteiger partial charge < -0.3 is 0 Å². The third-order valence-corrected chi connectivity index (χ3v) is 7.70. The van der Waals surface area contributed by atoms with Crippen LogP contribution in [0.4, 0.5) is 4.39 Å².